The highest BCUT2D eigenvalue weighted by molar-refractivity contribution is 6.11. The quantitative estimate of drug-likeness (QED) is 0.0844. The fourth-order valence-corrected chi connectivity index (χ4v) is 14.6. The summed E-state index contributed by atoms with van der Waals surface area (Å²) < 4.78 is 24.8. The molecule has 0 radical (unpaired) electrons. The molecule has 0 saturated carbocycles. The summed E-state index contributed by atoms with van der Waals surface area (Å²) in [5, 5.41) is 31.1. The lowest BCUT2D eigenvalue weighted by Gasteiger charge is -2.34. The molecule has 7 nitrogen and oxygen atoms in total. The van der Waals surface area contributed by atoms with Gasteiger partial charge >= 0.3 is 0 Å². The zero-order valence-electron chi connectivity index (χ0n) is 58.3. The summed E-state index contributed by atoms with van der Waals surface area (Å²) in [5.41, 5.74) is 16.5. The van der Waals surface area contributed by atoms with E-state index in [9.17, 15) is 10.2 Å². The molecule has 0 fully saturated rings. The average Bonchev–Trinajstić information content (AvgIpc) is 1.53. The molecule has 0 spiro atoms. The highest BCUT2D eigenvalue weighted by Crippen LogP contribution is 2.51. The maximum atomic E-state index is 13.2. The SMILES string of the molecule is COc1ccc(O[C@H](C)C[C@@H](C)Oc2ccc(C)cc2-c2cc(C(C)(C)CC(C)(C)C)cc(-n3c4ccc(C(C)C)cc4c4cc(C(C)C)ccc43)c2O)c(-c2cc(C(C)(C)CC(C)(C)C)cc(-n3c4ccc(C(C)C)cc4c4cc(C(C)C)ccc43)c2O)c1. The maximum absolute atomic E-state index is 13.2. The van der Waals surface area contributed by atoms with Gasteiger partial charge in [0, 0.05) is 50.2 Å². The van der Waals surface area contributed by atoms with Gasteiger partial charge in [0.25, 0.3) is 0 Å². The van der Waals surface area contributed by atoms with Crippen molar-refractivity contribution in [2.45, 2.75) is 211 Å². The minimum atomic E-state index is -0.338. The lowest BCUT2D eigenvalue weighted by Crippen LogP contribution is -2.25. The van der Waals surface area contributed by atoms with E-state index >= 15 is 0 Å². The van der Waals surface area contributed by atoms with Crippen LogP contribution in [0, 0.1) is 17.8 Å². The summed E-state index contributed by atoms with van der Waals surface area (Å²) in [6, 6.07) is 48.4. The highest BCUT2D eigenvalue weighted by atomic mass is 16.5. The molecule has 2 N–H and O–H groups in total. The Morgan fingerprint density at radius 1 is 0.389 bits per heavy atom. The molecule has 90 heavy (non-hydrogen) atoms. The number of methoxy groups -OCH3 is 1. The number of aryl methyl sites for hydroxylation is 1. The minimum absolute atomic E-state index is 0.0206. The van der Waals surface area contributed by atoms with Crippen LogP contribution in [0.1, 0.15) is 220 Å². The first kappa shape index (κ1) is 65.3. The maximum Gasteiger partial charge on any atom is 0.147 e. The third kappa shape index (κ3) is 13.1. The lowest BCUT2D eigenvalue weighted by molar-refractivity contribution is 0.131. The Morgan fingerprint density at radius 2 is 0.722 bits per heavy atom. The number of hydrogen-bond donors (Lipinski definition) is 2. The van der Waals surface area contributed by atoms with Gasteiger partial charge in [0.15, 0.2) is 0 Å². The van der Waals surface area contributed by atoms with E-state index in [0.717, 1.165) is 74.0 Å². The Kier molecular flexibility index (Phi) is 17.8. The molecule has 2 heterocycles. The van der Waals surface area contributed by atoms with Crippen LogP contribution < -0.4 is 14.2 Å². The first-order valence-electron chi connectivity index (χ1n) is 33.2. The Morgan fingerprint density at radius 3 is 1.04 bits per heavy atom. The molecule has 0 aliphatic heterocycles. The number of aromatic nitrogens is 2. The number of hydrogen-bond acceptors (Lipinski definition) is 5. The fraction of sp³-hybridized carbons (Fsp3) is 0.422. The Labute approximate surface area is 538 Å². The van der Waals surface area contributed by atoms with E-state index < -0.39 is 0 Å². The van der Waals surface area contributed by atoms with Crippen LogP contribution in [0.4, 0.5) is 0 Å². The summed E-state index contributed by atoms with van der Waals surface area (Å²) in [6.45, 7) is 47.4. The molecule has 2 aromatic heterocycles. The van der Waals surface area contributed by atoms with Crippen molar-refractivity contribution in [1.29, 1.82) is 0 Å². The van der Waals surface area contributed by atoms with E-state index in [2.05, 4.69) is 270 Å². The largest absolute Gasteiger partial charge is 0.505 e. The van der Waals surface area contributed by atoms with Gasteiger partial charge in [-0.05, 0) is 215 Å². The van der Waals surface area contributed by atoms with Gasteiger partial charge < -0.3 is 33.6 Å². The van der Waals surface area contributed by atoms with E-state index in [0.29, 0.717) is 58.6 Å². The van der Waals surface area contributed by atoms with Gasteiger partial charge in [0.1, 0.15) is 28.7 Å². The summed E-state index contributed by atoms with van der Waals surface area (Å²) in [7, 11) is 1.68. The molecular weight excluding hydrogens is 1100 g/mol. The molecule has 10 rings (SSSR count). The van der Waals surface area contributed by atoms with E-state index in [1.165, 1.54) is 43.8 Å². The molecule has 0 amide bonds. The van der Waals surface area contributed by atoms with Crippen molar-refractivity contribution in [3.63, 3.8) is 0 Å². The van der Waals surface area contributed by atoms with Gasteiger partial charge in [-0.2, -0.15) is 0 Å². The van der Waals surface area contributed by atoms with E-state index in [4.69, 9.17) is 14.2 Å². The van der Waals surface area contributed by atoms with Crippen LogP contribution in [-0.2, 0) is 10.8 Å². The number of benzene rings is 8. The zero-order chi connectivity index (χ0) is 65.4. The van der Waals surface area contributed by atoms with Gasteiger partial charge in [-0.15, -0.1) is 0 Å². The molecule has 0 aliphatic rings. The zero-order valence-corrected chi connectivity index (χ0v) is 58.3. The summed E-state index contributed by atoms with van der Waals surface area (Å²) in [6.07, 6.45) is 1.70. The molecule has 474 valence electrons. The Bertz CT molecular complexity index is 4190. The molecule has 0 aliphatic carbocycles. The third-order valence-electron chi connectivity index (χ3n) is 18.7. The van der Waals surface area contributed by atoms with Gasteiger partial charge in [0.2, 0.25) is 0 Å². The molecule has 2 atom stereocenters. The van der Waals surface area contributed by atoms with Crippen molar-refractivity contribution in [1.82, 2.24) is 9.13 Å². The number of rotatable bonds is 19. The van der Waals surface area contributed by atoms with Gasteiger partial charge in [0.05, 0.1) is 52.8 Å². The molecule has 0 saturated heterocycles. The van der Waals surface area contributed by atoms with Crippen molar-refractivity contribution >= 4 is 43.6 Å². The van der Waals surface area contributed by atoms with Gasteiger partial charge in [-0.1, -0.05) is 161 Å². The molecular formula is C83H102N2O5. The van der Waals surface area contributed by atoms with Crippen LogP contribution in [0.3, 0.4) is 0 Å². The standard InChI is InChI=1S/C83H102N2O5/c1-48(2)55-24-29-70-62(37-55)63-38-56(49(3)4)25-30-71(63)84(70)74-43-59(82(18,19)46-80(12,13)14)41-68(78(74)86)66-35-52(9)23-33-76(66)89-53(10)36-54(11)90-77-34-28-61(88-22)45-67(77)69-42-60(83(20,21)47-81(15,16)17)44-75(79(69)87)85-72-31-26-57(50(5)6)39-64(72)65-40-58(51(7)8)27-32-73(65)85/h23-35,37-45,48-51,53-54,86-87H,36,46-47H2,1-22H3/t53-,54-/m1/s1. The molecule has 7 heteroatoms. The summed E-state index contributed by atoms with van der Waals surface area (Å²) >= 11 is 0. The lowest BCUT2D eigenvalue weighted by atomic mass is 9.71. The molecule has 0 unspecified atom stereocenters. The van der Waals surface area contributed by atoms with Crippen LogP contribution in [-0.4, -0.2) is 38.7 Å². The van der Waals surface area contributed by atoms with E-state index in [1.54, 1.807) is 7.11 Å². The Hall–Kier alpha value is -7.64. The van der Waals surface area contributed by atoms with Crippen LogP contribution in [0.25, 0.3) is 77.2 Å². The third-order valence-corrected chi connectivity index (χ3v) is 18.7. The predicted octanol–water partition coefficient (Wildman–Crippen LogP) is 23.5. The topological polar surface area (TPSA) is 78.0 Å². The number of aromatic hydroxyl groups is 2. The number of phenolic OH excluding ortho intramolecular Hbond substituents is 2. The number of ether oxygens (including phenoxy) is 3. The van der Waals surface area contributed by atoms with Crippen molar-refractivity contribution in [3.05, 3.63) is 172 Å². The van der Waals surface area contributed by atoms with Crippen LogP contribution in [0.15, 0.2) is 133 Å². The smallest absolute Gasteiger partial charge is 0.147 e. The highest BCUT2D eigenvalue weighted by Gasteiger charge is 2.34. The van der Waals surface area contributed by atoms with E-state index in [-0.39, 0.29) is 45.4 Å². The molecule has 0 bridgehead atoms. The van der Waals surface area contributed by atoms with Gasteiger partial charge in [-0.25, -0.2) is 0 Å². The predicted molar refractivity (Wildman–Crippen MR) is 382 cm³/mol. The number of nitrogens with zero attached hydrogens (tertiary/aromatic N) is 2. The molecule has 8 aromatic carbocycles. The first-order chi connectivity index (χ1) is 42.1. The first-order valence-corrected chi connectivity index (χ1v) is 33.2. The van der Waals surface area contributed by atoms with Crippen molar-refractivity contribution in [2.75, 3.05) is 7.11 Å². The number of phenols is 2. The monoisotopic (exact) mass is 1210 g/mol. The van der Waals surface area contributed by atoms with Gasteiger partial charge in [-0.3, -0.25) is 0 Å². The summed E-state index contributed by atoms with van der Waals surface area (Å²) in [5.74, 6) is 3.75. The van der Waals surface area contributed by atoms with Crippen molar-refractivity contribution in [3.8, 4) is 62.4 Å². The van der Waals surface area contributed by atoms with Crippen molar-refractivity contribution in [2.24, 2.45) is 10.8 Å². The molecule has 10 aromatic rings. The minimum Gasteiger partial charge on any atom is -0.505 e. The second-order valence-electron chi connectivity index (χ2n) is 31.4. The van der Waals surface area contributed by atoms with Crippen LogP contribution in [0.2, 0.25) is 0 Å². The normalized spacial score (nSPS) is 13.5. The fourth-order valence-electron chi connectivity index (χ4n) is 14.6. The number of fused-ring (bicyclic) bond motifs is 6. The van der Waals surface area contributed by atoms with E-state index in [1.807, 2.05) is 18.2 Å². The Balaban J connectivity index is 1.06. The van der Waals surface area contributed by atoms with Crippen LogP contribution in [0.5, 0.6) is 28.7 Å². The summed E-state index contributed by atoms with van der Waals surface area (Å²) in [4.78, 5) is 0. The van der Waals surface area contributed by atoms with Crippen molar-refractivity contribution < 1.29 is 24.4 Å². The second kappa shape index (κ2) is 24.5. The van der Waals surface area contributed by atoms with Crippen LogP contribution >= 0.6 is 0 Å². The average molecular weight is 1210 g/mol. The second-order valence-corrected chi connectivity index (χ2v) is 31.4.